The van der Waals surface area contributed by atoms with Crippen molar-refractivity contribution in [3.05, 3.63) is 42.0 Å². The SMILES string of the molecule is COC[C@@H](C)NC(=S)N/N=C\c1c(OC)ccc2ccccc12. The zero-order chi connectivity index (χ0) is 16.7. The number of fused-ring (bicyclic) bond motifs is 1. The van der Waals surface area contributed by atoms with Crippen molar-refractivity contribution in [2.24, 2.45) is 5.10 Å². The number of methoxy groups -OCH3 is 2. The van der Waals surface area contributed by atoms with Gasteiger partial charge < -0.3 is 14.8 Å². The number of rotatable bonds is 6. The molecule has 0 amide bonds. The fraction of sp³-hybridized carbons (Fsp3) is 0.294. The summed E-state index contributed by atoms with van der Waals surface area (Å²) in [6.45, 7) is 2.55. The van der Waals surface area contributed by atoms with Gasteiger partial charge in [-0.25, -0.2) is 0 Å². The van der Waals surface area contributed by atoms with Gasteiger partial charge in [0.2, 0.25) is 0 Å². The summed E-state index contributed by atoms with van der Waals surface area (Å²) in [5, 5.41) is 9.95. The van der Waals surface area contributed by atoms with Gasteiger partial charge in [-0.15, -0.1) is 0 Å². The minimum atomic E-state index is 0.113. The van der Waals surface area contributed by atoms with Crippen LogP contribution in [0.5, 0.6) is 5.75 Å². The molecule has 5 nitrogen and oxygen atoms in total. The van der Waals surface area contributed by atoms with Gasteiger partial charge in [-0.05, 0) is 36.0 Å². The van der Waals surface area contributed by atoms with E-state index >= 15 is 0 Å². The lowest BCUT2D eigenvalue weighted by Gasteiger charge is -2.14. The number of hydrogen-bond acceptors (Lipinski definition) is 4. The van der Waals surface area contributed by atoms with Crippen LogP contribution >= 0.6 is 12.2 Å². The Balaban J connectivity index is 2.13. The van der Waals surface area contributed by atoms with Crippen LogP contribution in [0.25, 0.3) is 10.8 Å². The first kappa shape index (κ1) is 17.2. The van der Waals surface area contributed by atoms with Crippen molar-refractivity contribution < 1.29 is 9.47 Å². The molecule has 0 aliphatic rings. The number of ether oxygens (including phenoxy) is 2. The second-order valence-corrected chi connectivity index (χ2v) is 5.51. The van der Waals surface area contributed by atoms with Crippen molar-refractivity contribution in [1.82, 2.24) is 10.7 Å². The Morgan fingerprint density at radius 3 is 2.78 bits per heavy atom. The smallest absolute Gasteiger partial charge is 0.187 e. The lowest BCUT2D eigenvalue weighted by Crippen LogP contribution is -2.40. The van der Waals surface area contributed by atoms with Gasteiger partial charge in [0.15, 0.2) is 5.11 Å². The van der Waals surface area contributed by atoms with E-state index in [4.69, 9.17) is 21.7 Å². The van der Waals surface area contributed by atoms with Gasteiger partial charge in [-0.2, -0.15) is 5.10 Å². The van der Waals surface area contributed by atoms with E-state index in [0.29, 0.717) is 11.7 Å². The van der Waals surface area contributed by atoms with Gasteiger partial charge in [0.1, 0.15) is 5.75 Å². The standard InChI is InChI=1S/C17H21N3O2S/c1-12(11-21-2)19-17(23)20-18-10-15-14-7-5-4-6-13(14)8-9-16(15)22-3/h4-10,12H,11H2,1-3H3,(H2,19,20,23)/b18-10-/t12-/m1/s1. The maximum atomic E-state index is 5.42. The molecule has 122 valence electrons. The summed E-state index contributed by atoms with van der Waals surface area (Å²) in [7, 11) is 3.30. The minimum absolute atomic E-state index is 0.113. The van der Waals surface area contributed by atoms with Crippen LogP contribution in [0.15, 0.2) is 41.5 Å². The maximum absolute atomic E-state index is 5.42. The number of benzene rings is 2. The van der Waals surface area contributed by atoms with Crippen molar-refractivity contribution >= 4 is 34.3 Å². The quantitative estimate of drug-likeness (QED) is 0.484. The molecule has 0 bridgehead atoms. The van der Waals surface area contributed by atoms with Gasteiger partial charge >= 0.3 is 0 Å². The van der Waals surface area contributed by atoms with E-state index in [-0.39, 0.29) is 6.04 Å². The highest BCUT2D eigenvalue weighted by Gasteiger charge is 2.06. The summed E-state index contributed by atoms with van der Waals surface area (Å²) in [6, 6.07) is 12.2. The lowest BCUT2D eigenvalue weighted by atomic mass is 10.0. The molecular formula is C17H21N3O2S. The average Bonchev–Trinajstić information content (AvgIpc) is 2.55. The first-order chi connectivity index (χ1) is 11.2. The fourth-order valence-electron chi connectivity index (χ4n) is 2.29. The summed E-state index contributed by atoms with van der Waals surface area (Å²) >= 11 is 5.19. The third-order valence-corrected chi connectivity index (χ3v) is 3.51. The van der Waals surface area contributed by atoms with Gasteiger partial charge in [0, 0.05) is 18.7 Å². The van der Waals surface area contributed by atoms with E-state index in [2.05, 4.69) is 21.9 Å². The highest BCUT2D eigenvalue weighted by atomic mass is 32.1. The van der Waals surface area contributed by atoms with Crippen LogP contribution in [0, 0.1) is 0 Å². The molecule has 0 aromatic heterocycles. The van der Waals surface area contributed by atoms with Crippen LogP contribution in [-0.2, 0) is 4.74 Å². The molecule has 2 rings (SSSR count). The van der Waals surface area contributed by atoms with Crippen molar-refractivity contribution in [2.45, 2.75) is 13.0 Å². The van der Waals surface area contributed by atoms with E-state index < -0.39 is 0 Å². The molecule has 23 heavy (non-hydrogen) atoms. The molecular weight excluding hydrogens is 310 g/mol. The Labute approximate surface area is 141 Å². The molecule has 0 heterocycles. The molecule has 0 unspecified atom stereocenters. The third-order valence-electron chi connectivity index (χ3n) is 3.30. The third kappa shape index (κ3) is 4.64. The predicted molar refractivity (Wildman–Crippen MR) is 98.3 cm³/mol. The summed E-state index contributed by atoms with van der Waals surface area (Å²) in [4.78, 5) is 0. The highest BCUT2D eigenvalue weighted by Crippen LogP contribution is 2.26. The number of nitrogens with one attached hydrogen (secondary N) is 2. The van der Waals surface area contributed by atoms with Gasteiger partial charge in [0.25, 0.3) is 0 Å². The lowest BCUT2D eigenvalue weighted by molar-refractivity contribution is 0.179. The summed E-state index contributed by atoms with van der Waals surface area (Å²) in [6.07, 6.45) is 1.72. The zero-order valence-electron chi connectivity index (χ0n) is 13.5. The molecule has 0 aliphatic carbocycles. The van der Waals surface area contributed by atoms with Gasteiger partial charge in [0.05, 0.1) is 19.9 Å². The first-order valence-electron chi connectivity index (χ1n) is 7.30. The molecule has 0 spiro atoms. The van der Waals surface area contributed by atoms with Crippen LogP contribution in [0.1, 0.15) is 12.5 Å². The Kier molecular flexibility index (Phi) is 6.31. The molecule has 0 aliphatic heterocycles. The predicted octanol–water partition coefficient (Wildman–Crippen LogP) is 2.68. The monoisotopic (exact) mass is 331 g/mol. The van der Waals surface area contributed by atoms with Gasteiger partial charge in [-0.3, -0.25) is 5.43 Å². The summed E-state index contributed by atoms with van der Waals surface area (Å²) in [5.41, 5.74) is 3.72. The van der Waals surface area contributed by atoms with Crippen LogP contribution in [0.2, 0.25) is 0 Å². The molecule has 0 saturated heterocycles. The van der Waals surface area contributed by atoms with Crippen LogP contribution in [0.4, 0.5) is 0 Å². The van der Waals surface area contributed by atoms with Crippen LogP contribution in [0.3, 0.4) is 0 Å². The molecule has 0 fully saturated rings. The first-order valence-corrected chi connectivity index (χ1v) is 7.70. The molecule has 0 radical (unpaired) electrons. The Bertz CT molecular complexity index is 703. The van der Waals surface area contributed by atoms with Crippen LogP contribution in [-0.4, -0.2) is 38.2 Å². The summed E-state index contributed by atoms with van der Waals surface area (Å²) < 4.78 is 10.5. The van der Waals surface area contributed by atoms with E-state index in [1.54, 1.807) is 20.4 Å². The zero-order valence-corrected chi connectivity index (χ0v) is 14.3. The molecule has 1 atom stereocenters. The van der Waals surface area contributed by atoms with Crippen molar-refractivity contribution in [1.29, 1.82) is 0 Å². The highest BCUT2D eigenvalue weighted by molar-refractivity contribution is 7.80. The minimum Gasteiger partial charge on any atom is -0.496 e. The van der Waals surface area contributed by atoms with E-state index in [1.807, 2.05) is 37.3 Å². The summed E-state index contributed by atoms with van der Waals surface area (Å²) in [5.74, 6) is 0.765. The number of thiocarbonyl (C=S) groups is 1. The number of nitrogens with zero attached hydrogens (tertiary/aromatic N) is 1. The molecule has 2 N–H and O–H groups in total. The van der Waals surface area contributed by atoms with Crippen molar-refractivity contribution in [3.63, 3.8) is 0 Å². The Hall–Kier alpha value is -2.18. The number of hydrogen-bond donors (Lipinski definition) is 2. The molecule has 6 heteroatoms. The fourth-order valence-corrected chi connectivity index (χ4v) is 2.54. The normalized spacial score (nSPS) is 12.3. The second kappa shape index (κ2) is 8.45. The van der Waals surface area contributed by atoms with E-state index in [1.165, 1.54) is 0 Å². The second-order valence-electron chi connectivity index (χ2n) is 5.10. The van der Waals surface area contributed by atoms with Crippen LogP contribution < -0.4 is 15.5 Å². The molecule has 2 aromatic rings. The Morgan fingerprint density at radius 2 is 2.04 bits per heavy atom. The van der Waals surface area contributed by atoms with E-state index in [9.17, 15) is 0 Å². The average molecular weight is 331 g/mol. The molecule has 2 aromatic carbocycles. The topological polar surface area (TPSA) is 54.9 Å². The van der Waals surface area contributed by atoms with E-state index in [0.717, 1.165) is 22.1 Å². The largest absolute Gasteiger partial charge is 0.496 e. The molecule has 0 saturated carbocycles. The number of hydrazone groups is 1. The van der Waals surface area contributed by atoms with Crippen molar-refractivity contribution in [3.8, 4) is 5.75 Å². The maximum Gasteiger partial charge on any atom is 0.187 e. The van der Waals surface area contributed by atoms with Gasteiger partial charge in [-0.1, -0.05) is 30.3 Å². The van der Waals surface area contributed by atoms with Crippen molar-refractivity contribution in [2.75, 3.05) is 20.8 Å². The Morgan fingerprint density at radius 1 is 1.26 bits per heavy atom.